The van der Waals surface area contributed by atoms with Crippen molar-refractivity contribution >= 4 is 22.8 Å². The van der Waals surface area contributed by atoms with Gasteiger partial charge in [-0.2, -0.15) is 0 Å². The molecule has 136 valence electrons. The maximum Gasteiger partial charge on any atom is 0.224 e. The van der Waals surface area contributed by atoms with Crippen LogP contribution in [0, 0.1) is 0 Å². The van der Waals surface area contributed by atoms with E-state index in [1.807, 2.05) is 48.5 Å². The molecule has 0 spiro atoms. The van der Waals surface area contributed by atoms with Crippen molar-refractivity contribution in [3.8, 4) is 17.2 Å². The van der Waals surface area contributed by atoms with Crippen molar-refractivity contribution < 1.29 is 19.1 Å². The standard InChI is InChI=1S/C20H21NO4S/c1-14(22)26-19-11-20(23)21(13-19)12-15-3-5-17(6-4-15)25-18-9-7-16(24-2)8-10-18/h3-10,19H,11-13H2,1-2H3. The number of ether oxygens (including phenoxy) is 2. The minimum absolute atomic E-state index is 0.0599. The SMILES string of the molecule is COc1ccc(Oc2ccc(CN3CC(SC(C)=O)CC3=O)cc2)cc1. The molecule has 26 heavy (non-hydrogen) atoms. The number of methoxy groups -OCH3 is 1. The summed E-state index contributed by atoms with van der Waals surface area (Å²) in [6, 6.07) is 15.1. The summed E-state index contributed by atoms with van der Waals surface area (Å²) in [5.41, 5.74) is 1.04. The number of hydrogen-bond donors (Lipinski definition) is 0. The fraction of sp³-hybridized carbons (Fsp3) is 0.300. The van der Waals surface area contributed by atoms with E-state index in [0.29, 0.717) is 19.5 Å². The lowest BCUT2D eigenvalue weighted by Crippen LogP contribution is -2.24. The quantitative estimate of drug-likeness (QED) is 0.772. The zero-order valence-electron chi connectivity index (χ0n) is 14.8. The van der Waals surface area contributed by atoms with Crippen molar-refractivity contribution in [2.24, 2.45) is 0 Å². The van der Waals surface area contributed by atoms with E-state index in [1.165, 1.54) is 11.8 Å². The molecule has 3 rings (SSSR count). The molecular weight excluding hydrogens is 350 g/mol. The summed E-state index contributed by atoms with van der Waals surface area (Å²) in [5.74, 6) is 2.35. The molecule has 1 unspecified atom stereocenters. The molecule has 6 heteroatoms. The van der Waals surface area contributed by atoms with Crippen LogP contribution < -0.4 is 9.47 Å². The minimum Gasteiger partial charge on any atom is -0.497 e. The summed E-state index contributed by atoms with van der Waals surface area (Å²) >= 11 is 1.26. The Hall–Kier alpha value is -2.47. The number of rotatable bonds is 6. The van der Waals surface area contributed by atoms with Crippen LogP contribution in [0.25, 0.3) is 0 Å². The first-order valence-electron chi connectivity index (χ1n) is 8.39. The number of amides is 1. The number of nitrogens with zero attached hydrogens (tertiary/aromatic N) is 1. The summed E-state index contributed by atoms with van der Waals surface area (Å²) < 4.78 is 10.9. The summed E-state index contributed by atoms with van der Waals surface area (Å²) in [5, 5.41) is 0.127. The Kier molecular flexibility index (Phi) is 5.83. The number of likely N-dealkylation sites (tertiary alicyclic amines) is 1. The van der Waals surface area contributed by atoms with Gasteiger partial charge in [-0.1, -0.05) is 23.9 Å². The van der Waals surface area contributed by atoms with Crippen molar-refractivity contribution in [2.45, 2.75) is 25.1 Å². The second-order valence-corrected chi connectivity index (χ2v) is 7.61. The maximum absolute atomic E-state index is 12.1. The van der Waals surface area contributed by atoms with Crippen LogP contribution in [0.1, 0.15) is 18.9 Å². The molecule has 0 saturated carbocycles. The maximum atomic E-state index is 12.1. The van der Waals surface area contributed by atoms with Gasteiger partial charge in [0.15, 0.2) is 5.12 Å². The summed E-state index contributed by atoms with van der Waals surface area (Å²) in [4.78, 5) is 25.1. The van der Waals surface area contributed by atoms with Crippen molar-refractivity contribution in [3.05, 3.63) is 54.1 Å². The average molecular weight is 371 g/mol. The number of benzene rings is 2. The zero-order chi connectivity index (χ0) is 18.5. The van der Waals surface area contributed by atoms with E-state index in [0.717, 1.165) is 22.8 Å². The van der Waals surface area contributed by atoms with Gasteiger partial charge in [-0.3, -0.25) is 9.59 Å². The lowest BCUT2D eigenvalue weighted by Gasteiger charge is -2.16. The van der Waals surface area contributed by atoms with Crippen LogP contribution >= 0.6 is 11.8 Å². The fourth-order valence-electron chi connectivity index (χ4n) is 2.87. The normalized spacial score (nSPS) is 16.6. The Labute approximate surface area is 157 Å². The van der Waals surface area contributed by atoms with Gasteiger partial charge in [0.05, 0.1) is 7.11 Å². The molecule has 0 radical (unpaired) electrons. The van der Waals surface area contributed by atoms with E-state index in [9.17, 15) is 9.59 Å². The van der Waals surface area contributed by atoms with E-state index in [4.69, 9.17) is 9.47 Å². The van der Waals surface area contributed by atoms with Crippen molar-refractivity contribution in [1.29, 1.82) is 0 Å². The minimum atomic E-state index is 0.0599. The summed E-state index contributed by atoms with van der Waals surface area (Å²) in [6.07, 6.45) is 0.433. The molecule has 1 saturated heterocycles. The number of carbonyl (C=O) groups is 2. The highest BCUT2D eigenvalue weighted by molar-refractivity contribution is 8.14. The molecule has 1 heterocycles. The van der Waals surface area contributed by atoms with Crippen LogP contribution in [0.5, 0.6) is 17.2 Å². The second kappa shape index (κ2) is 8.27. The molecule has 2 aromatic rings. The third-order valence-electron chi connectivity index (χ3n) is 4.10. The number of thioether (sulfide) groups is 1. The number of hydrogen-bond acceptors (Lipinski definition) is 5. The molecule has 0 bridgehead atoms. The lowest BCUT2D eigenvalue weighted by atomic mass is 10.2. The van der Waals surface area contributed by atoms with Crippen molar-refractivity contribution in [3.63, 3.8) is 0 Å². The molecule has 1 fully saturated rings. The van der Waals surface area contributed by atoms with Crippen LogP contribution in [0.3, 0.4) is 0 Å². The van der Waals surface area contributed by atoms with Gasteiger partial charge in [0.1, 0.15) is 17.2 Å². The van der Waals surface area contributed by atoms with Crippen molar-refractivity contribution in [2.75, 3.05) is 13.7 Å². The van der Waals surface area contributed by atoms with Gasteiger partial charge in [0.2, 0.25) is 5.91 Å². The first-order chi connectivity index (χ1) is 12.5. The van der Waals surface area contributed by atoms with Crippen LogP contribution in [-0.2, 0) is 16.1 Å². The van der Waals surface area contributed by atoms with E-state index >= 15 is 0 Å². The average Bonchev–Trinajstić information content (AvgIpc) is 2.95. The predicted molar refractivity (Wildman–Crippen MR) is 102 cm³/mol. The Balaban J connectivity index is 1.57. The topological polar surface area (TPSA) is 55.8 Å². The molecule has 0 aromatic heterocycles. The lowest BCUT2D eigenvalue weighted by molar-refractivity contribution is -0.128. The Morgan fingerprint density at radius 1 is 1.08 bits per heavy atom. The predicted octanol–water partition coefficient (Wildman–Crippen LogP) is 3.87. The van der Waals surface area contributed by atoms with Gasteiger partial charge in [-0.25, -0.2) is 0 Å². The molecule has 2 aromatic carbocycles. The Bertz CT molecular complexity index is 773. The fourth-order valence-corrected chi connectivity index (χ4v) is 3.82. The van der Waals surface area contributed by atoms with E-state index in [2.05, 4.69) is 0 Å². The molecule has 0 aliphatic carbocycles. The largest absolute Gasteiger partial charge is 0.497 e. The number of carbonyl (C=O) groups excluding carboxylic acids is 2. The van der Waals surface area contributed by atoms with Crippen LogP contribution in [0.15, 0.2) is 48.5 Å². The molecule has 1 aliphatic heterocycles. The van der Waals surface area contributed by atoms with Crippen molar-refractivity contribution in [1.82, 2.24) is 4.90 Å². The molecule has 0 N–H and O–H groups in total. The third-order valence-corrected chi connectivity index (χ3v) is 5.08. The highest BCUT2D eigenvalue weighted by atomic mass is 32.2. The molecular formula is C20H21NO4S. The van der Waals surface area contributed by atoms with E-state index in [1.54, 1.807) is 18.9 Å². The van der Waals surface area contributed by atoms with Gasteiger partial charge < -0.3 is 14.4 Å². The van der Waals surface area contributed by atoms with Crippen LogP contribution in [0.4, 0.5) is 0 Å². The molecule has 1 amide bonds. The summed E-state index contributed by atoms with van der Waals surface area (Å²) in [7, 11) is 1.63. The third kappa shape index (κ3) is 4.79. The van der Waals surface area contributed by atoms with Gasteiger partial charge >= 0.3 is 0 Å². The zero-order valence-corrected chi connectivity index (χ0v) is 15.6. The highest BCUT2D eigenvalue weighted by Gasteiger charge is 2.30. The Morgan fingerprint density at radius 3 is 2.23 bits per heavy atom. The van der Waals surface area contributed by atoms with Crippen LogP contribution in [0.2, 0.25) is 0 Å². The van der Waals surface area contributed by atoms with Gasteiger partial charge in [0, 0.05) is 31.7 Å². The van der Waals surface area contributed by atoms with E-state index in [-0.39, 0.29) is 16.3 Å². The Morgan fingerprint density at radius 2 is 1.65 bits per heavy atom. The molecule has 5 nitrogen and oxygen atoms in total. The van der Waals surface area contributed by atoms with Crippen LogP contribution in [-0.4, -0.2) is 34.8 Å². The smallest absolute Gasteiger partial charge is 0.224 e. The van der Waals surface area contributed by atoms with Gasteiger partial charge in [-0.15, -0.1) is 0 Å². The highest BCUT2D eigenvalue weighted by Crippen LogP contribution is 2.27. The molecule has 1 atom stereocenters. The van der Waals surface area contributed by atoms with Gasteiger partial charge in [0.25, 0.3) is 0 Å². The first kappa shape index (κ1) is 18.3. The first-order valence-corrected chi connectivity index (χ1v) is 9.27. The molecule has 1 aliphatic rings. The summed E-state index contributed by atoms with van der Waals surface area (Å²) in [6.45, 7) is 2.71. The monoisotopic (exact) mass is 371 g/mol. The van der Waals surface area contributed by atoms with E-state index < -0.39 is 0 Å². The van der Waals surface area contributed by atoms with Gasteiger partial charge in [-0.05, 0) is 42.0 Å². The second-order valence-electron chi connectivity index (χ2n) is 6.13.